The van der Waals surface area contributed by atoms with E-state index >= 15 is 0 Å². The third kappa shape index (κ3) is 3.43. The monoisotopic (exact) mass is 352 g/mol. The summed E-state index contributed by atoms with van der Waals surface area (Å²) >= 11 is 1.77. The molecule has 128 valence electrons. The van der Waals surface area contributed by atoms with Crippen molar-refractivity contribution in [1.29, 1.82) is 0 Å². The van der Waals surface area contributed by atoms with Crippen molar-refractivity contribution in [2.75, 3.05) is 18.4 Å². The van der Waals surface area contributed by atoms with Gasteiger partial charge in [-0.15, -0.1) is 11.3 Å². The molecule has 0 radical (unpaired) electrons. The van der Waals surface area contributed by atoms with Gasteiger partial charge in [0.25, 0.3) is 5.91 Å². The summed E-state index contributed by atoms with van der Waals surface area (Å²) in [6.45, 7) is 3.54. The number of nitrogens with one attached hydrogen (secondary N) is 2. The van der Waals surface area contributed by atoms with Gasteiger partial charge in [0.1, 0.15) is 6.04 Å². The van der Waals surface area contributed by atoms with Crippen LogP contribution in [0.15, 0.2) is 48.5 Å². The Labute approximate surface area is 151 Å². The molecule has 0 aliphatic carbocycles. The second kappa shape index (κ2) is 6.94. The predicted molar refractivity (Wildman–Crippen MR) is 102 cm³/mol. The molecule has 1 saturated heterocycles. The molecule has 2 N–H and O–H groups in total. The van der Waals surface area contributed by atoms with E-state index in [0.29, 0.717) is 12.6 Å². The zero-order chi connectivity index (χ0) is 17.2. The molecule has 25 heavy (non-hydrogen) atoms. The first-order valence-corrected chi connectivity index (χ1v) is 9.58. The number of hydrogen-bond donors (Lipinski definition) is 2. The molecule has 2 heterocycles. The van der Waals surface area contributed by atoms with Crippen LogP contribution in [-0.4, -0.2) is 24.0 Å². The van der Waals surface area contributed by atoms with Crippen molar-refractivity contribution in [3.63, 3.8) is 0 Å². The van der Waals surface area contributed by atoms with E-state index in [-0.39, 0.29) is 5.91 Å². The molecule has 1 aliphatic heterocycles. The summed E-state index contributed by atoms with van der Waals surface area (Å²) in [4.78, 5) is 18.7. The molecule has 5 heteroatoms. The number of hydrogen-bond acceptors (Lipinski definition) is 3. The highest BCUT2D eigenvalue weighted by molar-refractivity contribution is 7.18. The minimum absolute atomic E-state index is 0.0808. The third-order valence-electron chi connectivity index (χ3n) is 4.90. The van der Waals surface area contributed by atoms with Gasteiger partial charge in [-0.3, -0.25) is 4.79 Å². The number of anilines is 1. The maximum absolute atomic E-state index is 12.5. The minimum atomic E-state index is 0.0808. The van der Waals surface area contributed by atoms with E-state index in [2.05, 4.69) is 23.5 Å². The summed E-state index contributed by atoms with van der Waals surface area (Å²) in [5.74, 6) is 0.0808. The molecule has 3 aromatic rings. The second-order valence-corrected chi connectivity index (χ2v) is 7.72. The molecule has 4 nitrogen and oxygen atoms in total. The van der Waals surface area contributed by atoms with E-state index in [0.717, 1.165) is 41.2 Å². The van der Waals surface area contributed by atoms with Crippen molar-refractivity contribution < 1.29 is 9.69 Å². The summed E-state index contributed by atoms with van der Waals surface area (Å²) in [5, 5.41) is 4.22. The van der Waals surface area contributed by atoms with E-state index in [1.54, 1.807) is 11.3 Å². The number of likely N-dealkylation sites (tertiary alicyclic amines) is 1. The van der Waals surface area contributed by atoms with Gasteiger partial charge in [-0.05, 0) is 30.7 Å². The van der Waals surface area contributed by atoms with Gasteiger partial charge < -0.3 is 10.2 Å². The van der Waals surface area contributed by atoms with Gasteiger partial charge in [0.2, 0.25) is 0 Å². The zero-order valence-corrected chi connectivity index (χ0v) is 15.1. The standard InChI is InChI=1S/C20H21N3OS/c1-14-7-2-3-8-15(14)21-19(24)13-23-12-6-10-17(23)20-22-16-9-4-5-11-18(16)25-20/h2-5,7-9,11,17H,6,10,12-13H2,1H3,(H,21,24)/p+1/t17-/m0/s1. The van der Waals surface area contributed by atoms with E-state index in [9.17, 15) is 4.79 Å². The fourth-order valence-electron chi connectivity index (χ4n) is 3.57. The van der Waals surface area contributed by atoms with Gasteiger partial charge in [0.15, 0.2) is 11.6 Å². The SMILES string of the molecule is Cc1ccccc1NC(=O)C[NH+]1CCC[C@H]1c1nc2ccccc2s1. The Balaban J connectivity index is 1.48. The summed E-state index contributed by atoms with van der Waals surface area (Å²) < 4.78 is 1.23. The van der Waals surface area contributed by atoms with Gasteiger partial charge in [0, 0.05) is 18.5 Å². The number of rotatable bonds is 4. The number of para-hydroxylation sites is 2. The van der Waals surface area contributed by atoms with E-state index < -0.39 is 0 Å². The van der Waals surface area contributed by atoms with E-state index in [1.165, 1.54) is 9.60 Å². The molecular formula is C20H22N3OS+. The van der Waals surface area contributed by atoms with Crippen molar-refractivity contribution >= 4 is 33.1 Å². The van der Waals surface area contributed by atoms with Crippen molar-refractivity contribution in [1.82, 2.24) is 4.98 Å². The van der Waals surface area contributed by atoms with Crippen LogP contribution in [0.2, 0.25) is 0 Å². The molecule has 2 aromatic carbocycles. The molecule has 0 spiro atoms. The molecule has 2 atom stereocenters. The van der Waals surface area contributed by atoms with Gasteiger partial charge in [-0.1, -0.05) is 30.3 Å². The molecule has 1 amide bonds. The Morgan fingerprint density at radius 3 is 2.88 bits per heavy atom. The van der Waals surface area contributed by atoms with Crippen LogP contribution >= 0.6 is 11.3 Å². The largest absolute Gasteiger partial charge is 0.321 e. The molecule has 0 saturated carbocycles. The van der Waals surface area contributed by atoms with Crippen LogP contribution in [-0.2, 0) is 4.79 Å². The number of amides is 1. The molecule has 1 aromatic heterocycles. The van der Waals surface area contributed by atoms with Gasteiger partial charge in [-0.2, -0.15) is 0 Å². The third-order valence-corrected chi connectivity index (χ3v) is 6.05. The molecule has 0 bridgehead atoms. The fourth-order valence-corrected chi connectivity index (χ4v) is 4.74. The lowest BCUT2D eigenvalue weighted by Gasteiger charge is -2.19. The van der Waals surface area contributed by atoms with Crippen LogP contribution in [0.1, 0.15) is 29.5 Å². The Morgan fingerprint density at radius 2 is 2.04 bits per heavy atom. The maximum Gasteiger partial charge on any atom is 0.279 e. The predicted octanol–water partition coefficient (Wildman–Crippen LogP) is 2.96. The molecule has 1 fully saturated rings. The highest BCUT2D eigenvalue weighted by atomic mass is 32.1. The van der Waals surface area contributed by atoms with Crippen molar-refractivity contribution in [2.24, 2.45) is 0 Å². The molecular weight excluding hydrogens is 330 g/mol. The second-order valence-electron chi connectivity index (χ2n) is 6.66. The Hall–Kier alpha value is -2.24. The van der Waals surface area contributed by atoms with E-state index in [1.807, 2.05) is 37.3 Å². The number of nitrogens with zero attached hydrogens (tertiary/aromatic N) is 1. The summed E-state index contributed by atoms with van der Waals surface area (Å²) in [5.41, 5.74) is 3.07. The van der Waals surface area contributed by atoms with Crippen molar-refractivity contribution in [3.05, 3.63) is 59.1 Å². The van der Waals surface area contributed by atoms with Crippen LogP contribution in [0.25, 0.3) is 10.2 Å². The quantitative estimate of drug-likeness (QED) is 0.758. The minimum Gasteiger partial charge on any atom is -0.321 e. The number of aromatic nitrogens is 1. The number of fused-ring (bicyclic) bond motifs is 1. The first-order chi connectivity index (χ1) is 12.2. The Kier molecular flexibility index (Phi) is 4.51. The zero-order valence-electron chi connectivity index (χ0n) is 14.3. The van der Waals surface area contributed by atoms with Crippen LogP contribution in [0, 0.1) is 6.92 Å². The average Bonchev–Trinajstić information content (AvgIpc) is 3.23. The smallest absolute Gasteiger partial charge is 0.279 e. The molecule has 4 rings (SSSR count). The van der Waals surface area contributed by atoms with Crippen LogP contribution in [0.4, 0.5) is 5.69 Å². The Morgan fingerprint density at radius 1 is 1.24 bits per heavy atom. The summed E-state index contributed by atoms with van der Waals surface area (Å²) in [7, 11) is 0. The highest BCUT2D eigenvalue weighted by Gasteiger charge is 2.34. The number of aryl methyl sites for hydroxylation is 1. The topological polar surface area (TPSA) is 46.4 Å². The number of quaternary nitrogens is 1. The first kappa shape index (κ1) is 16.2. The number of carbonyl (C=O) groups excluding carboxylic acids is 1. The Bertz CT molecular complexity index is 872. The normalized spacial score (nSPS) is 20.0. The molecule has 1 aliphatic rings. The summed E-state index contributed by atoms with van der Waals surface area (Å²) in [6, 6.07) is 16.5. The fraction of sp³-hybridized carbons (Fsp3) is 0.300. The van der Waals surface area contributed by atoms with Crippen LogP contribution in [0.5, 0.6) is 0 Å². The van der Waals surface area contributed by atoms with Gasteiger partial charge >= 0.3 is 0 Å². The lowest BCUT2D eigenvalue weighted by atomic mass is 10.2. The highest BCUT2D eigenvalue weighted by Crippen LogP contribution is 2.28. The molecule has 1 unspecified atom stereocenters. The van der Waals surface area contributed by atoms with E-state index in [4.69, 9.17) is 4.98 Å². The maximum atomic E-state index is 12.5. The number of carbonyl (C=O) groups is 1. The lowest BCUT2D eigenvalue weighted by molar-refractivity contribution is -0.910. The van der Waals surface area contributed by atoms with Gasteiger partial charge in [-0.25, -0.2) is 4.98 Å². The summed E-state index contributed by atoms with van der Waals surface area (Å²) in [6.07, 6.45) is 2.25. The number of benzene rings is 2. The first-order valence-electron chi connectivity index (χ1n) is 8.76. The lowest BCUT2D eigenvalue weighted by Crippen LogP contribution is -3.11. The van der Waals surface area contributed by atoms with Crippen molar-refractivity contribution in [3.8, 4) is 0 Å². The average molecular weight is 352 g/mol. The van der Waals surface area contributed by atoms with Gasteiger partial charge in [0.05, 0.1) is 16.8 Å². The van der Waals surface area contributed by atoms with Crippen LogP contribution < -0.4 is 10.2 Å². The van der Waals surface area contributed by atoms with Crippen LogP contribution in [0.3, 0.4) is 0 Å². The van der Waals surface area contributed by atoms with Crippen molar-refractivity contribution in [2.45, 2.75) is 25.8 Å². The number of thiazole rings is 1.